The molecule has 0 bridgehead atoms. The predicted molar refractivity (Wildman–Crippen MR) is 53.9 cm³/mol. The molecule has 0 aromatic rings. The first-order valence-electron chi connectivity index (χ1n) is 4.79. The highest BCUT2D eigenvalue weighted by molar-refractivity contribution is 5.77. The third-order valence-corrected chi connectivity index (χ3v) is 2.11. The first-order valence-corrected chi connectivity index (χ1v) is 4.79. The van der Waals surface area contributed by atoms with Crippen LogP contribution in [-0.2, 0) is 0 Å². The summed E-state index contributed by atoms with van der Waals surface area (Å²) in [5.41, 5.74) is 5.17. The second kappa shape index (κ2) is 5.34. The molecule has 90 valence electrons. The molecule has 0 aliphatic rings. The van der Waals surface area contributed by atoms with E-state index in [9.17, 15) is 13.2 Å². The summed E-state index contributed by atoms with van der Waals surface area (Å²) in [5, 5.41) is 7.06. The van der Waals surface area contributed by atoms with Crippen LogP contribution >= 0.6 is 0 Å². The van der Waals surface area contributed by atoms with Crippen molar-refractivity contribution in [2.75, 3.05) is 6.54 Å². The standard InChI is InChI=1S/C9H18F3N3/c1-6(2)15(5-9(10,11)12)7(3)4-8(13)14/h6-7H,4-5H2,1-3H3,(H3,13,14). The average molecular weight is 225 g/mol. The van der Waals surface area contributed by atoms with E-state index in [1.807, 2.05) is 0 Å². The molecular weight excluding hydrogens is 207 g/mol. The minimum atomic E-state index is -4.21. The normalized spacial score (nSPS) is 14.7. The Morgan fingerprint density at radius 3 is 2.07 bits per heavy atom. The van der Waals surface area contributed by atoms with Crippen LogP contribution in [0.1, 0.15) is 27.2 Å². The van der Waals surface area contributed by atoms with Crippen molar-refractivity contribution in [1.82, 2.24) is 4.90 Å². The lowest BCUT2D eigenvalue weighted by molar-refractivity contribution is -0.154. The Labute approximate surface area is 87.9 Å². The maximum Gasteiger partial charge on any atom is 0.401 e. The maximum absolute atomic E-state index is 12.2. The van der Waals surface area contributed by atoms with Crippen LogP contribution in [-0.4, -0.2) is 35.5 Å². The van der Waals surface area contributed by atoms with E-state index in [0.717, 1.165) is 0 Å². The molecule has 0 heterocycles. The zero-order valence-electron chi connectivity index (χ0n) is 9.23. The number of amidine groups is 1. The van der Waals surface area contributed by atoms with Gasteiger partial charge in [0.15, 0.2) is 0 Å². The number of nitrogens with zero attached hydrogens (tertiary/aromatic N) is 1. The van der Waals surface area contributed by atoms with Crippen LogP contribution in [0, 0.1) is 5.41 Å². The number of alkyl halides is 3. The summed E-state index contributed by atoms with van der Waals surface area (Å²) in [7, 11) is 0. The minimum Gasteiger partial charge on any atom is -0.388 e. The summed E-state index contributed by atoms with van der Waals surface area (Å²) >= 11 is 0. The lowest BCUT2D eigenvalue weighted by Gasteiger charge is -2.33. The predicted octanol–water partition coefficient (Wildman–Crippen LogP) is 1.97. The number of halogens is 3. The van der Waals surface area contributed by atoms with Gasteiger partial charge in [-0.3, -0.25) is 10.3 Å². The van der Waals surface area contributed by atoms with Gasteiger partial charge >= 0.3 is 6.18 Å². The van der Waals surface area contributed by atoms with Gasteiger partial charge in [-0.1, -0.05) is 0 Å². The fourth-order valence-electron chi connectivity index (χ4n) is 1.49. The summed E-state index contributed by atoms with van der Waals surface area (Å²) in [6.07, 6.45) is -4.05. The van der Waals surface area contributed by atoms with Gasteiger partial charge in [0.2, 0.25) is 0 Å². The Balaban J connectivity index is 4.45. The number of nitrogens with one attached hydrogen (secondary N) is 1. The second-order valence-corrected chi connectivity index (χ2v) is 3.96. The van der Waals surface area contributed by atoms with Crippen LogP contribution in [0.2, 0.25) is 0 Å². The summed E-state index contributed by atoms with van der Waals surface area (Å²) in [6.45, 7) is 4.08. The van der Waals surface area contributed by atoms with E-state index in [2.05, 4.69) is 0 Å². The monoisotopic (exact) mass is 225 g/mol. The quantitative estimate of drug-likeness (QED) is 0.555. The molecule has 1 atom stereocenters. The van der Waals surface area contributed by atoms with Crippen molar-refractivity contribution < 1.29 is 13.2 Å². The van der Waals surface area contributed by atoms with Crippen LogP contribution < -0.4 is 5.73 Å². The van der Waals surface area contributed by atoms with E-state index in [0.29, 0.717) is 0 Å². The van der Waals surface area contributed by atoms with Gasteiger partial charge in [-0.15, -0.1) is 0 Å². The van der Waals surface area contributed by atoms with E-state index in [-0.39, 0.29) is 24.3 Å². The highest BCUT2D eigenvalue weighted by atomic mass is 19.4. The van der Waals surface area contributed by atoms with E-state index in [4.69, 9.17) is 11.1 Å². The molecule has 0 rings (SSSR count). The fraction of sp³-hybridized carbons (Fsp3) is 0.889. The lowest BCUT2D eigenvalue weighted by Crippen LogP contribution is -2.45. The topological polar surface area (TPSA) is 53.1 Å². The van der Waals surface area contributed by atoms with Crippen molar-refractivity contribution in [2.45, 2.75) is 45.5 Å². The summed E-state index contributed by atoms with van der Waals surface area (Å²) in [4.78, 5) is 1.29. The number of nitrogens with two attached hydrogens (primary N) is 1. The zero-order valence-corrected chi connectivity index (χ0v) is 9.23. The van der Waals surface area contributed by atoms with Gasteiger partial charge < -0.3 is 5.73 Å². The van der Waals surface area contributed by atoms with Crippen LogP contribution in [0.3, 0.4) is 0 Å². The molecule has 15 heavy (non-hydrogen) atoms. The second-order valence-electron chi connectivity index (χ2n) is 3.96. The van der Waals surface area contributed by atoms with E-state index >= 15 is 0 Å². The van der Waals surface area contributed by atoms with E-state index < -0.39 is 12.7 Å². The van der Waals surface area contributed by atoms with Crippen LogP contribution in [0.15, 0.2) is 0 Å². The third kappa shape index (κ3) is 6.33. The molecular formula is C9H18F3N3. The van der Waals surface area contributed by atoms with Gasteiger partial charge in [-0.2, -0.15) is 13.2 Å². The molecule has 1 unspecified atom stereocenters. The van der Waals surface area contributed by atoms with Crippen LogP contribution in [0.5, 0.6) is 0 Å². The number of hydrogen-bond donors (Lipinski definition) is 2. The molecule has 0 amide bonds. The van der Waals surface area contributed by atoms with Crippen LogP contribution in [0.4, 0.5) is 13.2 Å². The van der Waals surface area contributed by atoms with Crippen molar-refractivity contribution in [3.63, 3.8) is 0 Å². The molecule has 0 aromatic carbocycles. The highest BCUT2D eigenvalue weighted by Gasteiger charge is 2.33. The van der Waals surface area contributed by atoms with Crippen molar-refractivity contribution in [2.24, 2.45) is 5.73 Å². The van der Waals surface area contributed by atoms with Gasteiger partial charge in [0.1, 0.15) is 0 Å². The molecule has 0 radical (unpaired) electrons. The molecule has 0 aliphatic carbocycles. The van der Waals surface area contributed by atoms with Gasteiger partial charge in [-0.05, 0) is 20.8 Å². The van der Waals surface area contributed by atoms with Crippen molar-refractivity contribution in [1.29, 1.82) is 5.41 Å². The van der Waals surface area contributed by atoms with E-state index in [1.54, 1.807) is 20.8 Å². The summed E-state index contributed by atoms with van der Waals surface area (Å²) in [5.74, 6) is -0.0877. The Kier molecular flexibility index (Phi) is 5.07. The first-order chi connectivity index (χ1) is 6.63. The Bertz CT molecular complexity index is 213. The van der Waals surface area contributed by atoms with E-state index in [1.165, 1.54) is 4.90 Å². The molecule has 0 saturated heterocycles. The molecule has 3 N–H and O–H groups in total. The molecule has 0 aromatic heterocycles. The Hall–Kier alpha value is -0.780. The largest absolute Gasteiger partial charge is 0.401 e. The summed E-state index contributed by atoms with van der Waals surface area (Å²) in [6, 6.07) is -0.593. The number of rotatable bonds is 5. The zero-order chi connectivity index (χ0) is 12.2. The average Bonchev–Trinajstić information content (AvgIpc) is 1.96. The van der Waals surface area contributed by atoms with Gasteiger partial charge in [0, 0.05) is 18.5 Å². The fourth-order valence-corrected chi connectivity index (χ4v) is 1.49. The molecule has 0 aliphatic heterocycles. The number of hydrogen-bond acceptors (Lipinski definition) is 2. The van der Waals surface area contributed by atoms with Crippen LogP contribution in [0.25, 0.3) is 0 Å². The first kappa shape index (κ1) is 14.2. The lowest BCUT2D eigenvalue weighted by atomic mass is 10.1. The van der Waals surface area contributed by atoms with Crippen molar-refractivity contribution in [3.05, 3.63) is 0 Å². The molecule has 0 spiro atoms. The SMILES string of the molecule is CC(C)N(CC(F)(F)F)C(C)CC(=N)N. The minimum absolute atomic E-state index is 0.0877. The van der Waals surface area contributed by atoms with Gasteiger partial charge in [-0.25, -0.2) is 0 Å². The Morgan fingerprint density at radius 2 is 1.80 bits per heavy atom. The molecule has 3 nitrogen and oxygen atoms in total. The van der Waals surface area contributed by atoms with Crippen molar-refractivity contribution >= 4 is 5.84 Å². The third-order valence-electron chi connectivity index (χ3n) is 2.11. The molecule has 6 heteroatoms. The Morgan fingerprint density at radius 1 is 1.33 bits per heavy atom. The molecule has 0 fully saturated rings. The van der Waals surface area contributed by atoms with Crippen molar-refractivity contribution in [3.8, 4) is 0 Å². The van der Waals surface area contributed by atoms with Gasteiger partial charge in [0.05, 0.1) is 12.4 Å². The van der Waals surface area contributed by atoms with Gasteiger partial charge in [0.25, 0.3) is 0 Å². The summed E-state index contributed by atoms with van der Waals surface area (Å²) < 4.78 is 36.7. The molecule has 0 saturated carbocycles. The smallest absolute Gasteiger partial charge is 0.388 e. The highest BCUT2D eigenvalue weighted by Crippen LogP contribution is 2.20. The maximum atomic E-state index is 12.2.